The molecule has 0 saturated carbocycles. The van der Waals surface area contributed by atoms with Gasteiger partial charge in [0.05, 0.1) is 18.8 Å². The molecule has 0 atom stereocenters. The topological polar surface area (TPSA) is 32.7 Å². The van der Waals surface area contributed by atoms with E-state index in [1.807, 2.05) is 11.9 Å². The molecule has 0 aromatic heterocycles. The van der Waals surface area contributed by atoms with Crippen molar-refractivity contribution in [2.75, 3.05) is 39.2 Å². The fourth-order valence-corrected chi connectivity index (χ4v) is 1.23. The first-order valence-corrected chi connectivity index (χ1v) is 5.04. The molecule has 0 aliphatic carbocycles. The van der Waals surface area contributed by atoms with E-state index in [2.05, 4.69) is 0 Å². The zero-order valence-electron chi connectivity index (χ0n) is 8.72. The van der Waals surface area contributed by atoms with Crippen molar-refractivity contribution in [1.82, 2.24) is 4.90 Å². The first-order chi connectivity index (χ1) is 5.95. The highest BCUT2D eigenvalue weighted by Crippen LogP contribution is 2.02. The summed E-state index contributed by atoms with van der Waals surface area (Å²) in [7, 11) is 1.96. The first kappa shape index (κ1) is 13.2. The fraction of sp³-hybridized carbons (Fsp3) is 1.00. The van der Waals surface area contributed by atoms with Crippen molar-refractivity contribution in [3.63, 3.8) is 0 Å². The third-order valence-corrected chi connectivity index (χ3v) is 1.65. The van der Waals surface area contributed by atoms with Gasteiger partial charge in [0.15, 0.2) is 0 Å². The van der Waals surface area contributed by atoms with Gasteiger partial charge in [-0.2, -0.15) is 0 Å². The zero-order chi connectivity index (χ0) is 10.3. The van der Waals surface area contributed by atoms with Crippen LogP contribution in [0.1, 0.15) is 13.8 Å². The molecule has 80 valence electrons. The van der Waals surface area contributed by atoms with Gasteiger partial charge in [-0.3, -0.25) is 0 Å². The number of ether oxygens (including phenoxy) is 1. The van der Waals surface area contributed by atoms with Gasteiger partial charge in [0.2, 0.25) is 0 Å². The van der Waals surface area contributed by atoms with Crippen LogP contribution in [0.3, 0.4) is 0 Å². The van der Waals surface area contributed by atoms with Crippen LogP contribution < -0.4 is 0 Å². The van der Waals surface area contributed by atoms with Crippen LogP contribution in [0.2, 0.25) is 0 Å². The highest BCUT2D eigenvalue weighted by Gasteiger charge is 2.14. The third kappa shape index (κ3) is 10.1. The average molecular weight is 210 g/mol. The SMILES string of the molecule is CN(CCOCCCl)CC(C)(C)O. The van der Waals surface area contributed by atoms with Crippen molar-refractivity contribution in [2.24, 2.45) is 0 Å². The molecule has 0 unspecified atom stereocenters. The number of aliphatic hydroxyl groups is 1. The largest absolute Gasteiger partial charge is 0.389 e. The number of likely N-dealkylation sites (N-methyl/N-ethyl adjacent to an activating group) is 1. The molecule has 0 aliphatic heterocycles. The summed E-state index contributed by atoms with van der Waals surface area (Å²) >= 11 is 5.44. The molecule has 0 saturated heterocycles. The van der Waals surface area contributed by atoms with Crippen molar-refractivity contribution in [3.8, 4) is 0 Å². The molecule has 0 rings (SSSR count). The van der Waals surface area contributed by atoms with E-state index in [4.69, 9.17) is 16.3 Å². The Hall–Kier alpha value is 0.170. The van der Waals surface area contributed by atoms with Gasteiger partial charge in [-0.15, -0.1) is 11.6 Å². The molecule has 0 spiro atoms. The van der Waals surface area contributed by atoms with Gasteiger partial charge in [-0.25, -0.2) is 0 Å². The minimum absolute atomic E-state index is 0.537. The minimum Gasteiger partial charge on any atom is -0.389 e. The Kier molecular flexibility index (Phi) is 6.68. The summed E-state index contributed by atoms with van der Waals surface area (Å²) in [5, 5.41) is 9.49. The van der Waals surface area contributed by atoms with Crippen LogP contribution in [0.5, 0.6) is 0 Å². The van der Waals surface area contributed by atoms with Gasteiger partial charge in [0, 0.05) is 19.0 Å². The number of alkyl halides is 1. The lowest BCUT2D eigenvalue weighted by atomic mass is 10.1. The summed E-state index contributed by atoms with van der Waals surface area (Å²) in [5.41, 5.74) is -0.638. The molecule has 0 aromatic rings. The number of rotatable bonds is 7. The standard InChI is InChI=1S/C9H20ClNO2/c1-9(2,12)8-11(3)5-7-13-6-4-10/h12H,4-8H2,1-3H3. The van der Waals surface area contributed by atoms with E-state index in [1.165, 1.54) is 0 Å². The van der Waals surface area contributed by atoms with E-state index in [9.17, 15) is 5.11 Å². The van der Waals surface area contributed by atoms with Crippen LogP contribution in [0.25, 0.3) is 0 Å². The Morgan fingerprint density at radius 1 is 1.38 bits per heavy atom. The molecule has 3 nitrogen and oxygen atoms in total. The molecule has 0 heterocycles. The smallest absolute Gasteiger partial charge is 0.0718 e. The van der Waals surface area contributed by atoms with Crippen LogP contribution in [0.15, 0.2) is 0 Å². The van der Waals surface area contributed by atoms with Crippen LogP contribution in [-0.2, 0) is 4.74 Å². The molecule has 0 fully saturated rings. The summed E-state index contributed by atoms with van der Waals surface area (Å²) in [6, 6.07) is 0. The van der Waals surface area contributed by atoms with Crippen molar-refractivity contribution in [2.45, 2.75) is 19.4 Å². The fourth-order valence-electron chi connectivity index (χ4n) is 1.12. The average Bonchev–Trinajstić information content (AvgIpc) is 1.94. The summed E-state index contributed by atoms with van der Waals surface area (Å²) in [6.45, 7) is 6.32. The Morgan fingerprint density at radius 3 is 2.46 bits per heavy atom. The maximum atomic E-state index is 9.49. The maximum absolute atomic E-state index is 9.49. The Labute approximate surface area is 85.6 Å². The first-order valence-electron chi connectivity index (χ1n) is 4.50. The van der Waals surface area contributed by atoms with Crippen molar-refractivity contribution in [1.29, 1.82) is 0 Å². The summed E-state index contributed by atoms with van der Waals surface area (Å²) in [4.78, 5) is 2.04. The van der Waals surface area contributed by atoms with E-state index in [1.54, 1.807) is 13.8 Å². The van der Waals surface area contributed by atoms with Gasteiger partial charge in [-0.05, 0) is 20.9 Å². The van der Waals surface area contributed by atoms with E-state index in [0.717, 1.165) is 6.54 Å². The van der Waals surface area contributed by atoms with E-state index < -0.39 is 5.60 Å². The number of hydrogen-bond donors (Lipinski definition) is 1. The molecule has 1 N–H and O–H groups in total. The molecule has 4 heteroatoms. The zero-order valence-corrected chi connectivity index (χ0v) is 9.47. The number of hydrogen-bond acceptors (Lipinski definition) is 3. The monoisotopic (exact) mass is 209 g/mol. The highest BCUT2D eigenvalue weighted by molar-refractivity contribution is 6.17. The van der Waals surface area contributed by atoms with Crippen LogP contribution >= 0.6 is 11.6 Å². The summed E-state index contributed by atoms with van der Waals surface area (Å²) in [5.74, 6) is 0.537. The minimum atomic E-state index is -0.638. The van der Waals surface area contributed by atoms with Crippen LogP contribution in [-0.4, -0.2) is 54.8 Å². The second kappa shape index (κ2) is 6.60. The third-order valence-electron chi connectivity index (χ3n) is 1.50. The van der Waals surface area contributed by atoms with Gasteiger partial charge in [0.25, 0.3) is 0 Å². The predicted molar refractivity (Wildman–Crippen MR) is 55.3 cm³/mol. The highest BCUT2D eigenvalue weighted by atomic mass is 35.5. The molecular weight excluding hydrogens is 190 g/mol. The number of halogens is 1. The molecule has 0 radical (unpaired) electrons. The second-order valence-electron chi connectivity index (χ2n) is 3.85. The quantitative estimate of drug-likeness (QED) is 0.501. The molecule has 0 aliphatic rings. The molecule has 0 aromatic carbocycles. The van der Waals surface area contributed by atoms with Crippen molar-refractivity contribution < 1.29 is 9.84 Å². The lowest BCUT2D eigenvalue weighted by Crippen LogP contribution is -2.37. The Morgan fingerprint density at radius 2 is 2.00 bits per heavy atom. The molecule has 0 bridgehead atoms. The lowest BCUT2D eigenvalue weighted by Gasteiger charge is -2.25. The molecular formula is C9H20ClNO2. The molecule has 13 heavy (non-hydrogen) atoms. The van der Waals surface area contributed by atoms with Crippen LogP contribution in [0, 0.1) is 0 Å². The summed E-state index contributed by atoms with van der Waals surface area (Å²) in [6.07, 6.45) is 0. The van der Waals surface area contributed by atoms with Gasteiger partial charge in [-0.1, -0.05) is 0 Å². The second-order valence-corrected chi connectivity index (χ2v) is 4.23. The normalized spacial score (nSPS) is 12.5. The predicted octanol–water partition coefficient (Wildman–Crippen LogP) is 0.944. The number of nitrogens with zero attached hydrogens (tertiary/aromatic N) is 1. The van der Waals surface area contributed by atoms with Gasteiger partial charge in [0.1, 0.15) is 0 Å². The summed E-state index contributed by atoms with van der Waals surface area (Å²) < 4.78 is 5.21. The van der Waals surface area contributed by atoms with Crippen molar-refractivity contribution >= 4 is 11.6 Å². The maximum Gasteiger partial charge on any atom is 0.0718 e. The van der Waals surface area contributed by atoms with E-state index in [0.29, 0.717) is 25.6 Å². The Balaban J connectivity index is 3.35. The Bertz CT molecular complexity index is 125. The van der Waals surface area contributed by atoms with Gasteiger partial charge < -0.3 is 14.7 Å². The van der Waals surface area contributed by atoms with Crippen molar-refractivity contribution in [3.05, 3.63) is 0 Å². The van der Waals surface area contributed by atoms with E-state index >= 15 is 0 Å². The lowest BCUT2D eigenvalue weighted by molar-refractivity contribution is 0.0338. The van der Waals surface area contributed by atoms with E-state index in [-0.39, 0.29) is 0 Å². The van der Waals surface area contributed by atoms with Crippen LogP contribution in [0.4, 0.5) is 0 Å². The molecule has 0 amide bonds. The van der Waals surface area contributed by atoms with Gasteiger partial charge >= 0.3 is 0 Å².